The normalized spacial score (nSPS) is 31.7. The van der Waals surface area contributed by atoms with Gasteiger partial charge in [-0.25, -0.2) is 0 Å². The van der Waals surface area contributed by atoms with Gasteiger partial charge in [0.15, 0.2) is 8.32 Å². The first-order valence-electron chi connectivity index (χ1n) is 15.9. The molecule has 2 aliphatic rings. The summed E-state index contributed by atoms with van der Waals surface area (Å²) in [5.41, 5.74) is 3.49. The summed E-state index contributed by atoms with van der Waals surface area (Å²) in [4.78, 5) is 12.6. The summed E-state index contributed by atoms with van der Waals surface area (Å²) >= 11 is 0. The van der Waals surface area contributed by atoms with Crippen LogP contribution in [0.15, 0.2) is 0 Å². The van der Waals surface area contributed by atoms with Crippen LogP contribution in [0, 0.1) is 35.5 Å². The molecule has 0 unspecified atom stereocenters. The van der Waals surface area contributed by atoms with Crippen molar-refractivity contribution in [2.75, 3.05) is 6.61 Å². The maximum Gasteiger partial charge on any atom is 0.200 e. The molecule has 0 N–H and O–H groups in total. The molecule has 0 saturated heterocycles. The lowest BCUT2D eigenvalue weighted by atomic mass is 9.55. The molecule has 2 rings (SSSR count). The van der Waals surface area contributed by atoms with Crippen molar-refractivity contribution in [2.24, 2.45) is 35.5 Å². The van der Waals surface area contributed by atoms with Crippen LogP contribution in [0.3, 0.4) is 0 Å². The van der Waals surface area contributed by atoms with Gasteiger partial charge in [0.25, 0.3) is 0 Å². The molecule has 0 aromatic heterocycles. The summed E-state index contributed by atoms with van der Waals surface area (Å²) in [6, 6.07) is 0. The Morgan fingerprint density at radius 2 is 1.16 bits per heavy atom. The van der Waals surface area contributed by atoms with Gasteiger partial charge in [0.1, 0.15) is 6.29 Å². The second-order valence-corrected chi connectivity index (χ2v) is 25.9. The first-order chi connectivity index (χ1) is 17.1. The average Bonchev–Trinajstić information content (AvgIpc) is 2.77. The number of carbonyl (C=O) groups is 1. The molecule has 3 nitrogen and oxygen atoms in total. The number of carbonyl (C=O) groups excluding carboxylic acids is 1. The van der Waals surface area contributed by atoms with Crippen molar-refractivity contribution in [1.82, 2.24) is 0 Å². The number of rotatable bonds is 12. The Hall–Kier alpha value is 0.0238. The van der Waals surface area contributed by atoms with Crippen molar-refractivity contribution >= 4 is 22.9 Å². The predicted octanol–water partition coefficient (Wildman–Crippen LogP) is 9.87. The summed E-state index contributed by atoms with van der Waals surface area (Å²) < 4.78 is 14.8. The summed E-state index contributed by atoms with van der Waals surface area (Å²) in [6.45, 7) is 34.2. The minimum atomic E-state index is -1.99. The summed E-state index contributed by atoms with van der Waals surface area (Å²) in [5.74, 6) is 2.48. The van der Waals surface area contributed by atoms with Gasteiger partial charge >= 0.3 is 0 Å². The topological polar surface area (TPSA) is 35.5 Å². The van der Waals surface area contributed by atoms with E-state index in [9.17, 15) is 4.79 Å². The fourth-order valence-corrected chi connectivity index (χ4v) is 20.9. The third kappa shape index (κ3) is 6.20. The lowest BCUT2D eigenvalue weighted by molar-refractivity contribution is -0.127. The van der Waals surface area contributed by atoms with E-state index in [2.05, 4.69) is 96.9 Å². The SMILES string of the molecule is CC(C)[Si](OC[C@@H]1[C@H](C=O)[C@H](C)C[C@@H]2[C@H]1[C@@H](C)CC[C@@H]2O[Si](C(C)C)(C(C)C)C(C)C)(C(C)C)C(C)C. The van der Waals surface area contributed by atoms with Crippen molar-refractivity contribution in [3.05, 3.63) is 0 Å². The van der Waals surface area contributed by atoms with Crippen LogP contribution < -0.4 is 0 Å². The first kappa shape index (κ1) is 33.2. The molecule has 0 spiro atoms. The van der Waals surface area contributed by atoms with Crippen molar-refractivity contribution in [2.45, 2.75) is 156 Å². The quantitative estimate of drug-likeness (QED) is 0.178. The van der Waals surface area contributed by atoms with Crippen LogP contribution in [0.5, 0.6) is 0 Å². The van der Waals surface area contributed by atoms with E-state index in [0.29, 0.717) is 68.9 Å². The van der Waals surface area contributed by atoms with E-state index in [1.807, 2.05) is 0 Å². The van der Waals surface area contributed by atoms with Gasteiger partial charge in [-0.05, 0) is 82.1 Å². The molecule has 7 atom stereocenters. The van der Waals surface area contributed by atoms with E-state index < -0.39 is 16.6 Å². The third-order valence-electron chi connectivity index (χ3n) is 11.3. The van der Waals surface area contributed by atoms with Crippen molar-refractivity contribution in [1.29, 1.82) is 0 Å². The van der Waals surface area contributed by atoms with E-state index >= 15 is 0 Å². The van der Waals surface area contributed by atoms with E-state index in [1.54, 1.807) is 0 Å². The summed E-state index contributed by atoms with van der Waals surface area (Å²) in [5, 5.41) is 0. The maximum absolute atomic E-state index is 12.6. The molecule has 0 amide bonds. The first-order valence-corrected chi connectivity index (χ1v) is 20.1. The second kappa shape index (κ2) is 13.1. The van der Waals surface area contributed by atoms with Gasteiger partial charge in [-0.3, -0.25) is 0 Å². The van der Waals surface area contributed by atoms with Crippen LogP contribution in [0.1, 0.15) is 116 Å². The lowest BCUT2D eigenvalue weighted by Crippen LogP contribution is -2.57. The van der Waals surface area contributed by atoms with Gasteiger partial charge in [0, 0.05) is 18.6 Å². The average molecular weight is 553 g/mol. The lowest BCUT2D eigenvalue weighted by Gasteiger charge is -2.56. The zero-order chi connectivity index (χ0) is 28.5. The molecule has 0 radical (unpaired) electrons. The van der Waals surface area contributed by atoms with Crippen LogP contribution in [-0.2, 0) is 13.6 Å². The van der Waals surface area contributed by atoms with Crippen LogP contribution in [-0.4, -0.2) is 35.6 Å². The zero-order valence-corrected chi connectivity index (χ0v) is 29.1. The van der Waals surface area contributed by atoms with E-state index in [4.69, 9.17) is 8.85 Å². The largest absolute Gasteiger partial charge is 0.416 e. The number of aldehydes is 1. The van der Waals surface area contributed by atoms with Gasteiger partial charge in [-0.15, -0.1) is 0 Å². The van der Waals surface area contributed by atoms with Gasteiger partial charge < -0.3 is 13.6 Å². The molecule has 0 aliphatic heterocycles. The second-order valence-electron chi connectivity index (χ2n) is 15.0. The Bertz CT molecular complexity index is 673. The molecule has 2 aliphatic carbocycles. The van der Waals surface area contributed by atoms with Crippen molar-refractivity contribution in [3.8, 4) is 0 Å². The predicted molar refractivity (Wildman–Crippen MR) is 165 cm³/mol. The summed E-state index contributed by atoms with van der Waals surface area (Å²) in [6.07, 6.45) is 5.14. The standard InChI is InChI=1S/C32H64O3Si2/c1-20(2)36(21(3)4,22(5)6)34-19-30-29(18-33)27(14)17-28-31(16-15-26(13)32(28)30)35-37(23(7)8,24(9)10)25(11)12/h18,20-32H,15-17,19H2,1-14H3/t26-,27+,28-,29+,30+,31-,32+/m0/s1. The molecule has 0 bridgehead atoms. The minimum absolute atomic E-state index is 0.0999. The van der Waals surface area contributed by atoms with Crippen LogP contribution in [0.2, 0.25) is 33.2 Å². The third-order valence-corrected chi connectivity index (χ3v) is 23.5. The molecule has 5 heteroatoms. The Labute approximate surface area is 233 Å². The minimum Gasteiger partial charge on any atom is -0.416 e. The number of fused-ring (bicyclic) bond motifs is 1. The highest BCUT2D eigenvalue weighted by molar-refractivity contribution is 6.78. The fourth-order valence-electron chi connectivity index (χ4n) is 9.83. The molecule has 2 fully saturated rings. The highest BCUT2D eigenvalue weighted by atomic mass is 28.4. The zero-order valence-electron chi connectivity index (χ0n) is 27.1. The molecule has 0 heterocycles. The van der Waals surface area contributed by atoms with E-state index in [-0.39, 0.29) is 5.92 Å². The maximum atomic E-state index is 12.6. The van der Waals surface area contributed by atoms with E-state index in [1.165, 1.54) is 19.1 Å². The van der Waals surface area contributed by atoms with Crippen molar-refractivity contribution in [3.63, 3.8) is 0 Å². The highest BCUT2D eigenvalue weighted by Crippen LogP contribution is 2.54. The molecule has 218 valence electrons. The van der Waals surface area contributed by atoms with Crippen LogP contribution in [0.4, 0.5) is 0 Å². The van der Waals surface area contributed by atoms with Gasteiger partial charge in [-0.2, -0.15) is 0 Å². The van der Waals surface area contributed by atoms with Crippen LogP contribution in [0.25, 0.3) is 0 Å². The Morgan fingerprint density at radius 3 is 1.57 bits per heavy atom. The monoisotopic (exact) mass is 552 g/mol. The van der Waals surface area contributed by atoms with Gasteiger partial charge in [-0.1, -0.05) is 96.9 Å². The van der Waals surface area contributed by atoms with Gasteiger partial charge in [0.2, 0.25) is 8.32 Å². The molecule has 0 aromatic carbocycles. The molecular formula is C32H64O3Si2. The Balaban J connectivity index is 2.47. The highest BCUT2D eigenvalue weighted by Gasteiger charge is 2.55. The number of hydrogen-bond acceptors (Lipinski definition) is 3. The molecule has 37 heavy (non-hydrogen) atoms. The number of hydrogen-bond donors (Lipinski definition) is 0. The smallest absolute Gasteiger partial charge is 0.200 e. The molecule has 2 saturated carbocycles. The molecular weight excluding hydrogens is 489 g/mol. The Morgan fingerprint density at radius 1 is 0.703 bits per heavy atom. The molecule has 0 aromatic rings. The fraction of sp³-hybridized carbons (Fsp3) is 0.969. The van der Waals surface area contributed by atoms with Crippen LogP contribution >= 0.6 is 0 Å². The summed E-state index contributed by atoms with van der Waals surface area (Å²) in [7, 11) is -3.96. The van der Waals surface area contributed by atoms with Crippen molar-refractivity contribution < 1.29 is 13.6 Å². The Kier molecular flexibility index (Phi) is 11.8. The van der Waals surface area contributed by atoms with E-state index in [0.717, 1.165) is 13.0 Å². The van der Waals surface area contributed by atoms with Gasteiger partial charge in [0.05, 0.1) is 0 Å².